The van der Waals surface area contributed by atoms with Gasteiger partial charge in [-0.05, 0) is 31.0 Å². The highest BCUT2D eigenvalue weighted by Gasteiger charge is 2.29. The van der Waals surface area contributed by atoms with Crippen LogP contribution in [0.2, 0.25) is 5.02 Å². The Morgan fingerprint density at radius 1 is 1.31 bits per heavy atom. The highest BCUT2D eigenvalue weighted by Crippen LogP contribution is 2.25. The Morgan fingerprint density at radius 2 is 2.12 bits per heavy atom. The van der Waals surface area contributed by atoms with E-state index in [2.05, 4.69) is 10.2 Å². The SMILES string of the molecule is CCN1CC[C@H](NCc2ccc(OCCN3CCOCC3)c(Cl)c2)C1=O. The average Bonchev–Trinajstić information content (AvgIpc) is 3.02. The molecule has 0 radical (unpaired) electrons. The zero-order chi connectivity index (χ0) is 18.4. The Bertz CT molecular complexity index is 608. The van der Waals surface area contributed by atoms with Crippen molar-refractivity contribution in [1.29, 1.82) is 0 Å². The first kappa shape index (κ1) is 19.4. The van der Waals surface area contributed by atoms with E-state index < -0.39 is 0 Å². The predicted molar refractivity (Wildman–Crippen MR) is 102 cm³/mol. The molecule has 2 heterocycles. The molecule has 1 aromatic rings. The number of hydrogen-bond acceptors (Lipinski definition) is 5. The van der Waals surface area contributed by atoms with Gasteiger partial charge in [0.15, 0.2) is 0 Å². The normalized spacial score (nSPS) is 21.4. The summed E-state index contributed by atoms with van der Waals surface area (Å²) in [5, 5.41) is 3.95. The van der Waals surface area contributed by atoms with Crippen molar-refractivity contribution in [1.82, 2.24) is 15.1 Å². The van der Waals surface area contributed by atoms with Crippen LogP contribution in [0, 0.1) is 0 Å². The molecule has 0 spiro atoms. The second kappa shape index (κ2) is 9.55. The molecule has 0 bridgehead atoms. The predicted octanol–water partition coefficient (Wildman–Crippen LogP) is 1.76. The van der Waals surface area contributed by atoms with E-state index in [1.165, 1.54) is 0 Å². The van der Waals surface area contributed by atoms with Gasteiger partial charge in [-0.1, -0.05) is 17.7 Å². The number of benzene rings is 1. The van der Waals surface area contributed by atoms with Crippen LogP contribution in [0.15, 0.2) is 18.2 Å². The minimum absolute atomic E-state index is 0.0850. The van der Waals surface area contributed by atoms with Crippen LogP contribution in [0.3, 0.4) is 0 Å². The van der Waals surface area contributed by atoms with Crippen molar-refractivity contribution in [3.63, 3.8) is 0 Å². The number of nitrogens with zero attached hydrogens (tertiary/aromatic N) is 2. The average molecular weight is 382 g/mol. The van der Waals surface area contributed by atoms with Gasteiger partial charge in [-0.25, -0.2) is 0 Å². The molecule has 144 valence electrons. The zero-order valence-electron chi connectivity index (χ0n) is 15.4. The van der Waals surface area contributed by atoms with Crippen LogP contribution in [0.5, 0.6) is 5.75 Å². The molecule has 2 aliphatic rings. The molecule has 1 amide bonds. The topological polar surface area (TPSA) is 54.0 Å². The number of carbonyl (C=O) groups is 1. The molecule has 7 heteroatoms. The third-order valence-electron chi connectivity index (χ3n) is 5.00. The maximum atomic E-state index is 12.1. The van der Waals surface area contributed by atoms with E-state index in [9.17, 15) is 4.79 Å². The number of morpholine rings is 1. The van der Waals surface area contributed by atoms with Crippen LogP contribution in [0.1, 0.15) is 18.9 Å². The van der Waals surface area contributed by atoms with Crippen LogP contribution >= 0.6 is 11.6 Å². The van der Waals surface area contributed by atoms with Crippen LogP contribution in [-0.2, 0) is 16.1 Å². The fourth-order valence-electron chi connectivity index (χ4n) is 3.36. The lowest BCUT2D eigenvalue weighted by molar-refractivity contribution is -0.129. The molecule has 1 aromatic carbocycles. The number of likely N-dealkylation sites (N-methyl/N-ethyl adjacent to an activating group) is 1. The second-order valence-electron chi connectivity index (χ2n) is 6.71. The monoisotopic (exact) mass is 381 g/mol. The Hall–Kier alpha value is -1.34. The first-order chi connectivity index (χ1) is 12.7. The molecular weight excluding hydrogens is 354 g/mol. The Morgan fingerprint density at radius 3 is 2.81 bits per heavy atom. The quantitative estimate of drug-likeness (QED) is 0.743. The molecule has 2 fully saturated rings. The number of amides is 1. The maximum absolute atomic E-state index is 12.1. The van der Waals surface area contributed by atoms with Crippen molar-refractivity contribution in [2.45, 2.75) is 25.9 Å². The largest absolute Gasteiger partial charge is 0.491 e. The number of rotatable bonds is 8. The van der Waals surface area contributed by atoms with E-state index in [-0.39, 0.29) is 11.9 Å². The van der Waals surface area contributed by atoms with Crippen molar-refractivity contribution in [3.05, 3.63) is 28.8 Å². The minimum atomic E-state index is -0.0850. The van der Waals surface area contributed by atoms with E-state index in [0.29, 0.717) is 23.9 Å². The molecule has 1 atom stereocenters. The van der Waals surface area contributed by atoms with Crippen molar-refractivity contribution in [2.24, 2.45) is 0 Å². The summed E-state index contributed by atoms with van der Waals surface area (Å²) in [7, 11) is 0. The summed E-state index contributed by atoms with van der Waals surface area (Å²) in [6, 6.07) is 5.74. The Labute approximate surface area is 160 Å². The molecule has 3 rings (SSSR count). The first-order valence-corrected chi connectivity index (χ1v) is 9.78. The molecule has 1 N–H and O–H groups in total. The Kier molecular flexibility index (Phi) is 7.14. The number of nitrogens with one attached hydrogen (secondary N) is 1. The zero-order valence-corrected chi connectivity index (χ0v) is 16.1. The summed E-state index contributed by atoms with van der Waals surface area (Å²) in [6.07, 6.45) is 0.864. The van der Waals surface area contributed by atoms with Gasteiger partial charge < -0.3 is 19.7 Å². The van der Waals surface area contributed by atoms with Gasteiger partial charge in [-0.2, -0.15) is 0 Å². The molecule has 0 unspecified atom stereocenters. The first-order valence-electron chi connectivity index (χ1n) is 9.41. The van der Waals surface area contributed by atoms with E-state index in [4.69, 9.17) is 21.1 Å². The summed E-state index contributed by atoms with van der Waals surface area (Å²) in [5.74, 6) is 0.902. The lowest BCUT2D eigenvalue weighted by Crippen LogP contribution is -2.38. The second-order valence-corrected chi connectivity index (χ2v) is 7.11. The van der Waals surface area contributed by atoms with Crippen LogP contribution in [0.25, 0.3) is 0 Å². The summed E-state index contributed by atoms with van der Waals surface area (Å²) < 4.78 is 11.2. The summed E-state index contributed by atoms with van der Waals surface area (Å²) in [4.78, 5) is 16.3. The highest BCUT2D eigenvalue weighted by molar-refractivity contribution is 6.32. The molecule has 6 nitrogen and oxygen atoms in total. The third-order valence-corrected chi connectivity index (χ3v) is 5.29. The number of ether oxygens (including phenoxy) is 2. The highest BCUT2D eigenvalue weighted by atomic mass is 35.5. The number of hydrogen-bond donors (Lipinski definition) is 1. The summed E-state index contributed by atoms with van der Waals surface area (Å²) in [6.45, 7) is 9.24. The van der Waals surface area contributed by atoms with E-state index >= 15 is 0 Å². The molecule has 2 aliphatic heterocycles. The van der Waals surface area contributed by atoms with Crippen molar-refractivity contribution in [3.8, 4) is 5.75 Å². The van der Waals surface area contributed by atoms with Gasteiger partial charge in [0.25, 0.3) is 0 Å². The molecule has 0 aliphatic carbocycles. The standard InChI is InChI=1S/C19H28ClN3O3/c1-2-23-6-5-17(19(23)24)21-14-15-3-4-18(16(20)13-15)26-12-9-22-7-10-25-11-8-22/h3-4,13,17,21H,2,5-12,14H2,1H3/t17-/m0/s1. The fourth-order valence-corrected chi connectivity index (χ4v) is 3.62. The van der Waals surface area contributed by atoms with Crippen LogP contribution < -0.4 is 10.1 Å². The third kappa shape index (κ3) is 5.10. The van der Waals surface area contributed by atoms with Crippen molar-refractivity contribution in [2.75, 3.05) is 52.5 Å². The van der Waals surface area contributed by atoms with Gasteiger partial charge >= 0.3 is 0 Å². The van der Waals surface area contributed by atoms with E-state index in [1.54, 1.807) is 0 Å². The molecular formula is C19H28ClN3O3. The number of likely N-dealkylation sites (tertiary alicyclic amines) is 1. The Balaban J connectivity index is 1.44. The van der Waals surface area contributed by atoms with Crippen molar-refractivity contribution < 1.29 is 14.3 Å². The van der Waals surface area contributed by atoms with Crippen LogP contribution in [0.4, 0.5) is 0 Å². The van der Waals surface area contributed by atoms with Gasteiger partial charge in [-0.3, -0.25) is 9.69 Å². The molecule has 26 heavy (non-hydrogen) atoms. The lowest BCUT2D eigenvalue weighted by Gasteiger charge is -2.26. The molecule has 2 saturated heterocycles. The van der Waals surface area contributed by atoms with Gasteiger partial charge in [0.1, 0.15) is 12.4 Å². The smallest absolute Gasteiger partial charge is 0.239 e. The number of carbonyl (C=O) groups excluding carboxylic acids is 1. The maximum Gasteiger partial charge on any atom is 0.239 e. The van der Waals surface area contributed by atoms with Crippen LogP contribution in [-0.4, -0.2) is 74.3 Å². The van der Waals surface area contributed by atoms with Crippen molar-refractivity contribution >= 4 is 17.5 Å². The van der Waals surface area contributed by atoms with E-state index in [1.807, 2.05) is 30.0 Å². The molecule has 0 saturated carbocycles. The summed E-state index contributed by atoms with van der Waals surface area (Å²) >= 11 is 6.36. The van der Waals surface area contributed by atoms with Gasteiger partial charge in [0, 0.05) is 39.3 Å². The fraction of sp³-hybridized carbons (Fsp3) is 0.632. The number of halogens is 1. The van der Waals surface area contributed by atoms with Gasteiger partial charge in [0.2, 0.25) is 5.91 Å². The summed E-state index contributed by atoms with van der Waals surface area (Å²) in [5.41, 5.74) is 1.05. The van der Waals surface area contributed by atoms with Gasteiger partial charge in [-0.15, -0.1) is 0 Å². The lowest BCUT2D eigenvalue weighted by atomic mass is 10.2. The van der Waals surface area contributed by atoms with Gasteiger partial charge in [0.05, 0.1) is 24.3 Å². The van der Waals surface area contributed by atoms with E-state index in [0.717, 1.165) is 57.9 Å². The molecule has 0 aromatic heterocycles. The minimum Gasteiger partial charge on any atom is -0.491 e.